The smallest absolute Gasteiger partial charge is 0.193 e. The molecule has 4 heteroatoms. The molecule has 0 bridgehead atoms. The molecule has 0 aliphatic carbocycles. The molecule has 26 heavy (non-hydrogen) atoms. The molecule has 0 saturated carbocycles. The molecule has 2 aromatic carbocycles. The summed E-state index contributed by atoms with van der Waals surface area (Å²) in [5.74, 6) is 1.98. The van der Waals surface area contributed by atoms with E-state index in [-0.39, 0.29) is 0 Å². The molecule has 1 aliphatic heterocycles. The zero-order chi connectivity index (χ0) is 18.0. The number of para-hydroxylation sites is 1. The van der Waals surface area contributed by atoms with Gasteiger partial charge in [0.1, 0.15) is 11.9 Å². The number of benzene rings is 2. The molecule has 3 rings (SSSR count). The molecule has 1 aliphatic rings. The van der Waals surface area contributed by atoms with E-state index in [9.17, 15) is 0 Å². The van der Waals surface area contributed by atoms with Gasteiger partial charge in [0.05, 0.1) is 0 Å². The average molecular weight is 351 g/mol. The van der Waals surface area contributed by atoms with Crippen molar-refractivity contribution in [2.75, 3.05) is 26.7 Å². The standard InChI is InChI=1S/C22H29N3O/c1-23-22(24-16-8-11-19-9-4-2-5-10-19)25-17-14-21(15-18-25)26-20-12-6-3-7-13-20/h2-7,9-10,12-13,21H,8,11,14-18H2,1H3,(H,23,24). The average Bonchev–Trinajstić information content (AvgIpc) is 2.70. The third-order valence-electron chi connectivity index (χ3n) is 4.77. The Morgan fingerprint density at radius 3 is 2.35 bits per heavy atom. The number of rotatable bonds is 6. The Morgan fingerprint density at radius 1 is 1.04 bits per heavy atom. The summed E-state index contributed by atoms with van der Waals surface area (Å²) < 4.78 is 6.08. The van der Waals surface area contributed by atoms with Crippen LogP contribution in [0, 0.1) is 0 Å². The lowest BCUT2D eigenvalue weighted by Crippen LogP contribution is -2.47. The maximum absolute atomic E-state index is 6.08. The number of guanidine groups is 1. The SMILES string of the molecule is CN=C(NCCCc1ccccc1)N1CCC(Oc2ccccc2)CC1. The first-order valence-electron chi connectivity index (χ1n) is 9.56. The summed E-state index contributed by atoms with van der Waals surface area (Å²) >= 11 is 0. The fraction of sp³-hybridized carbons (Fsp3) is 0.409. The maximum atomic E-state index is 6.08. The molecule has 0 unspecified atom stereocenters. The van der Waals surface area contributed by atoms with Crippen molar-refractivity contribution < 1.29 is 4.74 Å². The Kier molecular flexibility index (Phi) is 6.94. The molecule has 0 radical (unpaired) electrons. The first kappa shape index (κ1) is 18.3. The van der Waals surface area contributed by atoms with Gasteiger partial charge in [0.15, 0.2) is 5.96 Å². The van der Waals surface area contributed by atoms with Gasteiger partial charge < -0.3 is 15.0 Å². The number of piperidine rings is 1. The van der Waals surface area contributed by atoms with Crippen molar-refractivity contribution in [3.8, 4) is 5.75 Å². The summed E-state index contributed by atoms with van der Waals surface area (Å²) in [5, 5.41) is 3.51. The zero-order valence-electron chi connectivity index (χ0n) is 15.6. The van der Waals surface area contributed by atoms with Crippen molar-refractivity contribution >= 4 is 5.96 Å². The molecule has 1 fully saturated rings. The maximum Gasteiger partial charge on any atom is 0.193 e. The van der Waals surface area contributed by atoms with Gasteiger partial charge in [0.2, 0.25) is 0 Å². The second-order valence-electron chi connectivity index (χ2n) is 6.68. The number of hydrogen-bond acceptors (Lipinski definition) is 2. The number of aryl methyl sites for hydroxylation is 1. The lowest BCUT2D eigenvalue weighted by Gasteiger charge is -2.34. The van der Waals surface area contributed by atoms with Crippen LogP contribution in [0.25, 0.3) is 0 Å². The number of aliphatic imine (C=N–C) groups is 1. The van der Waals surface area contributed by atoms with Crippen molar-refractivity contribution in [3.63, 3.8) is 0 Å². The van der Waals surface area contributed by atoms with E-state index < -0.39 is 0 Å². The topological polar surface area (TPSA) is 36.9 Å². The number of likely N-dealkylation sites (tertiary alicyclic amines) is 1. The van der Waals surface area contributed by atoms with Gasteiger partial charge in [0, 0.05) is 39.5 Å². The molecule has 0 spiro atoms. The van der Waals surface area contributed by atoms with Crippen LogP contribution in [-0.2, 0) is 6.42 Å². The fourth-order valence-electron chi connectivity index (χ4n) is 3.35. The lowest BCUT2D eigenvalue weighted by atomic mass is 10.1. The summed E-state index contributed by atoms with van der Waals surface area (Å²) in [7, 11) is 1.87. The van der Waals surface area contributed by atoms with Crippen LogP contribution in [0.4, 0.5) is 0 Å². The van der Waals surface area contributed by atoms with Gasteiger partial charge in [-0.3, -0.25) is 4.99 Å². The van der Waals surface area contributed by atoms with Crippen LogP contribution >= 0.6 is 0 Å². The van der Waals surface area contributed by atoms with Crippen molar-refractivity contribution in [2.24, 2.45) is 4.99 Å². The minimum Gasteiger partial charge on any atom is -0.490 e. The van der Waals surface area contributed by atoms with Crippen LogP contribution in [-0.4, -0.2) is 43.6 Å². The van der Waals surface area contributed by atoms with Crippen LogP contribution in [0.3, 0.4) is 0 Å². The van der Waals surface area contributed by atoms with E-state index in [0.29, 0.717) is 6.10 Å². The van der Waals surface area contributed by atoms with E-state index in [1.54, 1.807) is 0 Å². The fourth-order valence-corrected chi connectivity index (χ4v) is 3.35. The van der Waals surface area contributed by atoms with E-state index >= 15 is 0 Å². The van der Waals surface area contributed by atoms with Crippen LogP contribution in [0.2, 0.25) is 0 Å². The monoisotopic (exact) mass is 351 g/mol. The molecule has 0 atom stereocenters. The highest BCUT2D eigenvalue weighted by Crippen LogP contribution is 2.18. The Bertz CT molecular complexity index is 664. The van der Waals surface area contributed by atoms with E-state index in [0.717, 1.165) is 57.0 Å². The van der Waals surface area contributed by atoms with Gasteiger partial charge in [-0.05, 0) is 30.5 Å². The Morgan fingerprint density at radius 2 is 1.69 bits per heavy atom. The number of nitrogens with zero attached hydrogens (tertiary/aromatic N) is 2. The summed E-state index contributed by atoms with van der Waals surface area (Å²) in [6, 6.07) is 20.7. The molecular weight excluding hydrogens is 322 g/mol. The van der Waals surface area contributed by atoms with Crippen molar-refractivity contribution in [1.29, 1.82) is 0 Å². The molecule has 0 aromatic heterocycles. The van der Waals surface area contributed by atoms with Gasteiger partial charge in [-0.15, -0.1) is 0 Å². The highest BCUT2D eigenvalue weighted by atomic mass is 16.5. The van der Waals surface area contributed by atoms with Crippen LogP contribution in [0.5, 0.6) is 5.75 Å². The highest BCUT2D eigenvalue weighted by Gasteiger charge is 2.22. The summed E-state index contributed by atoms with van der Waals surface area (Å²) in [4.78, 5) is 6.80. The Labute approximate surface area is 156 Å². The molecular formula is C22H29N3O. The molecule has 1 N–H and O–H groups in total. The van der Waals surface area contributed by atoms with E-state index in [4.69, 9.17) is 4.74 Å². The third-order valence-corrected chi connectivity index (χ3v) is 4.77. The second kappa shape index (κ2) is 9.85. The van der Waals surface area contributed by atoms with E-state index in [2.05, 4.69) is 45.5 Å². The third kappa shape index (κ3) is 5.51. The minimum absolute atomic E-state index is 0.296. The molecule has 0 amide bonds. The van der Waals surface area contributed by atoms with Crippen molar-refractivity contribution in [3.05, 3.63) is 66.2 Å². The normalized spacial score (nSPS) is 15.7. The van der Waals surface area contributed by atoms with E-state index in [1.807, 2.05) is 37.4 Å². The Balaban J connectivity index is 1.38. The lowest BCUT2D eigenvalue weighted by molar-refractivity contribution is 0.129. The number of ether oxygens (including phenoxy) is 1. The minimum atomic E-state index is 0.296. The number of nitrogens with one attached hydrogen (secondary N) is 1. The molecule has 2 aromatic rings. The van der Waals surface area contributed by atoms with Gasteiger partial charge in [-0.1, -0.05) is 48.5 Å². The Hall–Kier alpha value is -2.49. The molecule has 4 nitrogen and oxygen atoms in total. The van der Waals surface area contributed by atoms with Crippen LogP contribution in [0.1, 0.15) is 24.8 Å². The van der Waals surface area contributed by atoms with E-state index in [1.165, 1.54) is 5.56 Å². The summed E-state index contributed by atoms with van der Waals surface area (Å²) in [5.41, 5.74) is 1.39. The largest absolute Gasteiger partial charge is 0.490 e. The molecule has 138 valence electrons. The predicted molar refractivity (Wildman–Crippen MR) is 108 cm³/mol. The summed E-state index contributed by atoms with van der Waals surface area (Å²) in [6.45, 7) is 2.91. The van der Waals surface area contributed by atoms with Crippen LogP contribution < -0.4 is 10.1 Å². The van der Waals surface area contributed by atoms with Crippen molar-refractivity contribution in [2.45, 2.75) is 31.8 Å². The highest BCUT2D eigenvalue weighted by molar-refractivity contribution is 5.79. The first-order valence-corrected chi connectivity index (χ1v) is 9.56. The van der Waals surface area contributed by atoms with Crippen molar-refractivity contribution in [1.82, 2.24) is 10.2 Å². The quantitative estimate of drug-likeness (QED) is 0.489. The number of hydrogen-bond donors (Lipinski definition) is 1. The second-order valence-corrected chi connectivity index (χ2v) is 6.68. The van der Waals surface area contributed by atoms with Gasteiger partial charge in [0.25, 0.3) is 0 Å². The van der Waals surface area contributed by atoms with Gasteiger partial charge in [-0.25, -0.2) is 0 Å². The van der Waals surface area contributed by atoms with Crippen LogP contribution in [0.15, 0.2) is 65.7 Å². The first-order chi connectivity index (χ1) is 12.8. The predicted octanol–water partition coefficient (Wildman–Crippen LogP) is 3.74. The zero-order valence-corrected chi connectivity index (χ0v) is 15.6. The molecule has 1 saturated heterocycles. The van der Waals surface area contributed by atoms with Gasteiger partial charge in [-0.2, -0.15) is 0 Å². The van der Waals surface area contributed by atoms with Gasteiger partial charge >= 0.3 is 0 Å². The summed E-state index contributed by atoms with van der Waals surface area (Å²) in [6.07, 6.45) is 4.55. The molecule has 1 heterocycles.